The van der Waals surface area contributed by atoms with Crippen molar-refractivity contribution in [3.8, 4) is 17.2 Å². The number of ether oxygens (including phenoxy) is 3. The van der Waals surface area contributed by atoms with Crippen molar-refractivity contribution >= 4 is 11.6 Å². The fourth-order valence-corrected chi connectivity index (χ4v) is 4.70. The second-order valence-electron chi connectivity index (χ2n) is 8.43. The van der Waals surface area contributed by atoms with E-state index in [2.05, 4.69) is 46.6 Å². The van der Waals surface area contributed by atoms with Crippen molar-refractivity contribution in [2.75, 3.05) is 19.5 Å². The van der Waals surface area contributed by atoms with E-state index in [1.807, 2.05) is 47.1 Å². The van der Waals surface area contributed by atoms with E-state index in [-0.39, 0.29) is 12.1 Å². The van der Waals surface area contributed by atoms with Crippen LogP contribution >= 0.6 is 0 Å². The van der Waals surface area contributed by atoms with Crippen LogP contribution in [0.2, 0.25) is 0 Å². The third kappa shape index (κ3) is 3.20. The van der Waals surface area contributed by atoms with Gasteiger partial charge in [-0.1, -0.05) is 42.0 Å². The molecule has 0 unspecified atom stereocenters. The molecule has 2 aliphatic heterocycles. The summed E-state index contributed by atoms with van der Waals surface area (Å²) >= 11 is 0. The van der Waals surface area contributed by atoms with E-state index in [1.54, 1.807) is 20.5 Å². The maximum Gasteiger partial charge on any atom is 0.226 e. The number of aryl methyl sites for hydroxylation is 1. The summed E-state index contributed by atoms with van der Waals surface area (Å²) in [4.78, 5) is 4.50. The molecule has 4 aromatic rings. The molecule has 0 bridgehead atoms. The summed E-state index contributed by atoms with van der Waals surface area (Å²) in [7, 11) is 3.34. The molecule has 0 spiro atoms. The fraction of sp³-hybridized carbons (Fsp3) is 0.185. The van der Waals surface area contributed by atoms with Crippen molar-refractivity contribution in [3.05, 3.63) is 101 Å². The lowest BCUT2D eigenvalue weighted by atomic mass is 9.84. The van der Waals surface area contributed by atoms with E-state index in [1.165, 1.54) is 5.56 Å². The van der Waals surface area contributed by atoms with Crippen molar-refractivity contribution in [1.82, 2.24) is 14.8 Å². The predicted molar refractivity (Wildman–Crippen MR) is 129 cm³/mol. The largest absolute Gasteiger partial charge is 0.497 e. The van der Waals surface area contributed by atoms with Crippen LogP contribution in [0.4, 0.5) is 5.95 Å². The van der Waals surface area contributed by atoms with Gasteiger partial charge in [-0.2, -0.15) is 10.1 Å². The quantitative estimate of drug-likeness (QED) is 0.461. The number of anilines is 1. The first-order valence-corrected chi connectivity index (χ1v) is 11.1. The number of nitrogens with one attached hydrogen (secondary N) is 1. The Kier molecular flexibility index (Phi) is 4.76. The number of rotatable bonds is 4. The van der Waals surface area contributed by atoms with Gasteiger partial charge in [-0.25, -0.2) is 4.68 Å². The van der Waals surface area contributed by atoms with Crippen molar-refractivity contribution in [2.45, 2.75) is 19.1 Å². The molecule has 3 heterocycles. The van der Waals surface area contributed by atoms with Gasteiger partial charge in [0.05, 0.1) is 19.9 Å². The molecule has 2 atom stereocenters. The highest BCUT2D eigenvalue weighted by molar-refractivity contribution is 5.85. The van der Waals surface area contributed by atoms with Crippen molar-refractivity contribution in [2.24, 2.45) is 0 Å². The number of hydrogen-bond donors (Lipinski definition) is 1. The molecular weight excluding hydrogens is 428 g/mol. The zero-order chi connectivity index (χ0) is 23.2. The Balaban J connectivity index is 1.60. The van der Waals surface area contributed by atoms with Gasteiger partial charge in [-0.3, -0.25) is 0 Å². The first kappa shape index (κ1) is 20.4. The molecule has 1 aromatic heterocycles. The minimum atomic E-state index is -0.335. The van der Waals surface area contributed by atoms with Crippen molar-refractivity contribution in [3.63, 3.8) is 0 Å². The van der Waals surface area contributed by atoms with Gasteiger partial charge in [0, 0.05) is 11.1 Å². The third-order valence-corrected chi connectivity index (χ3v) is 6.43. The molecule has 0 radical (unpaired) electrons. The Hall–Kier alpha value is -4.26. The molecule has 0 aliphatic carbocycles. The normalized spacial score (nSPS) is 18.2. The van der Waals surface area contributed by atoms with E-state index in [0.717, 1.165) is 45.2 Å². The maximum absolute atomic E-state index is 6.67. The summed E-state index contributed by atoms with van der Waals surface area (Å²) in [5.41, 5.74) is 6.30. The number of methoxy groups -OCH3 is 2. The SMILES string of the molecule is COc1ccc([C@@H]2Oc3ccc(OC)cc3C3=C2[C@H](c2ccc(C)cc2)n2ncnc2N3)cc1. The molecule has 2 aliphatic rings. The summed E-state index contributed by atoms with van der Waals surface area (Å²) in [6.45, 7) is 2.09. The Morgan fingerprint density at radius 1 is 0.882 bits per heavy atom. The van der Waals surface area contributed by atoms with Gasteiger partial charge >= 0.3 is 0 Å². The number of nitrogens with zero attached hydrogens (tertiary/aromatic N) is 3. The first-order chi connectivity index (χ1) is 16.7. The van der Waals surface area contributed by atoms with Gasteiger partial charge in [0.25, 0.3) is 0 Å². The molecule has 7 heteroatoms. The summed E-state index contributed by atoms with van der Waals surface area (Å²) in [5, 5.41) is 8.11. The molecule has 0 fully saturated rings. The monoisotopic (exact) mass is 452 g/mol. The zero-order valence-electron chi connectivity index (χ0n) is 19.1. The van der Waals surface area contributed by atoms with Crippen molar-refractivity contribution < 1.29 is 14.2 Å². The minimum Gasteiger partial charge on any atom is -0.497 e. The molecule has 0 amide bonds. The van der Waals surface area contributed by atoms with Crippen LogP contribution < -0.4 is 19.5 Å². The van der Waals surface area contributed by atoms with E-state index >= 15 is 0 Å². The van der Waals surface area contributed by atoms with Crippen LogP contribution in [0.5, 0.6) is 17.2 Å². The second kappa shape index (κ2) is 7.95. The van der Waals surface area contributed by atoms with Crippen LogP contribution in [-0.2, 0) is 0 Å². The number of hydrogen-bond acceptors (Lipinski definition) is 6. The van der Waals surface area contributed by atoms with Crippen LogP contribution in [0.3, 0.4) is 0 Å². The smallest absolute Gasteiger partial charge is 0.226 e. The Morgan fingerprint density at radius 2 is 1.59 bits per heavy atom. The van der Waals surface area contributed by atoms with E-state index in [9.17, 15) is 0 Å². The average molecular weight is 453 g/mol. The van der Waals surface area contributed by atoms with E-state index in [4.69, 9.17) is 14.2 Å². The molecule has 1 N–H and O–H groups in total. The van der Waals surface area contributed by atoms with Gasteiger partial charge in [0.2, 0.25) is 5.95 Å². The molecule has 0 saturated carbocycles. The molecule has 7 nitrogen and oxygen atoms in total. The first-order valence-electron chi connectivity index (χ1n) is 11.1. The molecule has 34 heavy (non-hydrogen) atoms. The summed E-state index contributed by atoms with van der Waals surface area (Å²) in [5.74, 6) is 3.03. The van der Waals surface area contributed by atoms with Crippen LogP contribution in [0.25, 0.3) is 5.70 Å². The standard InChI is InChI=1S/C27H24N4O3/c1-16-4-6-17(7-5-16)25-23-24(30-27-28-15-29-31(25)27)21-14-20(33-3)12-13-22(21)34-26(23)18-8-10-19(32-2)11-9-18/h4-15,25-26H,1-3H3,(H,28,29,30)/t25-,26-/m0/s1. The van der Waals surface area contributed by atoms with E-state index < -0.39 is 0 Å². The lowest BCUT2D eigenvalue weighted by Crippen LogP contribution is -2.32. The Labute approximate surface area is 197 Å². The minimum absolute atomic E-state index is 0.194. The summed E-state index contributed by atoms with van der Waals surface area (Å²) in [6, 6.07) is 22.2. The number of fused-ring (bicyclic) bond motifs is 3. The molecule has 3 aromatic carbocycles. The lowest BCUT2D eigenvalue weighted by molar-refractivity contribution is 0.222. The van der Waals surface area contributed by atoms with E-state index in [0.29, 0.717) is 5.95 Å². The highest BCUT2D eigenvalue weighted by Crippen LogP contribution is 2.51. The highest BCUT2D eigenvalue weighted by Gasteiger charge is 2.41. The number of benzene rings is 3. The Bertz CT molecular complexity index is 1390. The topological polar surface area (TPSA) is 70.4 Å². The molecule has 0 saturated heterocycles. The maximum atomic E-state index is 6.67. The van der Waals surface area contributed by atoms with Crippen LogP contribution in [-0.4, -0.2) is 29.0 Å². The lowest BCUT2D eigenvalue weighted by Gasteiger charge is -2.39. The second-order valence-corrected chi connectivity index (χ2v) is 8.43. The zero-order valence-corrected chi connectivity index (χ0v) is 19.1. The van der Waals surface area contributed by atoms with Gasteiger partial charge < -0.3 is 19.5 Å². The van der Waals surface area contributed by atoms with Crippen LogP contribution in [0, 0.1) is 6.92 Å². The van der Waals surface area contributed by atoms with Gasteiger partial charge in [0.1, 0.15) is 35.7 Å². The van der Waals surface area contributed by atoms with Crippen LogP contribution in [0.15, 0.2) is 78.6 Å². The van der Waals surface area contributed by atoms with Gasteiger partial charge in [0.15, 0.2) is 0 Å². The highest BCUT2D eigenvalue weighted by atomic mass is 16.5. The molecular formula is C27H24N4O3. The molecule has 6 rings (SSSR count). The average Bonchev–Trinajstić information content (AvgIpc) is 3.36. The fourth-order valence-electron chi connectivity index (χ4n) is 4.70. The van der Waals surface area contributed by atoms with Crippen LogP contribution in [0.1, 0.15) is 34.4 Å². The third-order valence-electron chi connectivity index (χ3n) is 6.43. The Morgan fingerprint density at radius 3 is 2.32 bits per heavy atom. The molecule has 170 valence electrons. The summed E-state index contributed by atoms with van der Waals surface area (Å²) < 4.78 is 19.5. The van der Waals surface area contributed by atoms with Crippen molar-refractivity contribution in [1.29, 1.82) is 0 Å². The summed E-state index contributed by atoms with van der Waals surface area (Å²) in [6.07, 6.45) is 1.25. The van der Waals surface area contributed by atoms with Gasteiger partial charge in [-0.15, -0.1) is 0 Å². The number of aromatic nitrogens is 3. The predicted octanol–water partition coefficient (Wildman–Crippen LogP) is 5.16. The van der Waals surface area contributed by atoms with Gasteiger partial charge in [-0.05, 0) is 48.4 Å².